The molecule has 9 heteroatoms. The molecule has 1 heterocycles. The van der Waals surface area contributed by atoms with Gasteiger partial charge in [-0.25, -0.2) is 8.42 Å². The molecule has 2 N–H and O–H groups in total. The molecule has 150 valence electrons. The lowest BCUT2D eigenvalue weighted by atomic mass is 10.3. The van der Waals surface area contributed by atoms with Gasteiger partial charge >= 0.3 is 0 Å². The molecule has 0 radical (unpaired) electrons. The van der Waals surface area contributed by atoms with Gasteiger partial charge in [0, 0.05) is 31.0 Å². The number of thiocarbonyl (C=S) groups is 1. The van der Waals surface area contributed by atoms with Crippen molar-refractivity contribution in [3.63, 3.8) is 0 Å². The normalized spacial score (nSPS) is 15.2. The van der Waals surface area contributed by atoms with Crippen LogP contribution in [0.3, 0.4) is 0 Å². The van der Waals surface area contributed by atoms with Crippen LogP contribution in [0.25, 0.3) is 0 Å². The van der Waals surface area contributed by atoms with Crippen molar-refractivity contribution in [1.82, 2.24) is 4.31 Å². The van der Waals surface area contributed by atoms with Gasteiger partial charge in [-0.15, -0.1) is 0 Å². The molecular weight excluding hydrogens is 398 g/mol. The van der Waals surface area contributed by atoms with Gasteiger partial charge in [-0.3, -0.25) is 0 Å². The van der Waals surface area contributed by atoms with Crippen LogP contribution in [-0.4, -0.2) is 62.4 Å². The molecule has 1 aliphatic heterocycles. The highest BCUT2D eigenvalue weighted by Crippen LogP contribution is 2.21. The van der Waals surface area contributed by atoms with Crippen LogP contribution in [0.4, 0.5) is 11.4 Å². The number of ether oxygens (including phenoxy) is 1. The minimum Gasteiger partial charge on any atom is -0.395 e. The molecule has 0 atom stereocenters. The van der Waals surface area contributed by atoms with E-state index in [2.05, 4.69) is 5.32 Å². The number of nitrogens with zero attached hydrogens (tertiary/aromatic N) is 2. The number of rotatable bonds is 6. The first-order valence-electron chi connectivity index (χ1n) is 8.95. The molecule has 2 aromatic rings. The zero-order chi connectivity index (χ0) is 20.0. The van der Waals surface area contributed by atoms with Crippen LogP contribution in [-0.2, 0) is 14.8 Å². The van der Waals surface area contributed by atoms with Crippen molar-refractivity contribution in [1.29, 1.82) is 0 Å². The number of nitrogens with one attached hydrogen (secondary N) is 1. The van der Waals surface area contributed by atoms with E-state index < -0.39 is 10.0 Å². The lowest BCUT2D eigenvalue weighted by molar-refractivity contribution is 0.0730. The third-order valence-electron chi connectivity index (χ3n) is 4.35. The highest BCUT2D eigenvalue weighted by atomic mass is 32.2. The minimum atomic E-state index is -3.53. The number of para-hydroxylation sites is 1. The Balaban J connectivity index is 1.71. The second kappa shape index (κ2) is 9.44. The summed E-state index contributed by atoms with van der Waals surface area (Å²) >= 11 is 5.48. The standard InChI is InChI=1S/C19H23N3O4S2/c23-13-10-22(17-4-2-1-3-5-17)19(27)20-16-6-8-18(9-7-16)28(24,25)21-11-14-26-15-12-21/h1-9,23H,10-15H2,(H,20,27). The molecule has 0 spiro atoms. The third kappa shape index (κ3) is 4.86. The zero-order valence-electron chi connectivity index (χ0n) is 15.3. The predicted octanol–water partition coefficient (Wildman–Crippen LogP) is 1.90. The first-order chi connectivity index (χ1) is 13.5. The van der Waals surface area contributed by atoms with Crippen LogP contribution in [0.2, 0.25) is 0 Å². The van der Waals surface area contributed by atoms with Crippen LogP contribution in [0, 0.1) is 0 Å². The second-order valence-corrected chi connectivity index (χ2v) is 8.51. The van der Waals surface area contributed by atoms with Gasteiger partial charge in [0.25, 0.3) is 0 Å². The molecule has 1 fully saturated rings. The molecule has 1 aliphatic rings. The summed E-state index contributed by atoms with van der Waals surface area (Å²) in [4.78, 5) is 2.02. The Labute approximate surface area is 170 Å². The van der Waals surface area contributed by atoms with E-state index in [-0.39, 0.29) is 11.5 Å². The smallest absolute Gasteiger partial charge is 0.243 e. The second-order valence-electron chi connectivity index (χ2n) is 6.18. The monoisotopic (exact) mass is 421 g/mol. The van der Waals surface area contributed by atoms with Crippen molar-refractivity contribution in [3.8, 4) is 0 Å². The van der Waals surface area contributed by atoms with E-state index in [1.54, 1.807) is 29.2 Å². The number of hydrogen-bond donors (Lipinski definition) is 2. The Hall–Kier alpha value is -2.04. The molecule has 0 aromatic heterocycles. The Morgan fingerprint density at radius 2 is 1.75 bits per heavy atom. The number of anilines is 2. The summed E-state index contributed by atoms with van der Waals surface area (Å²) in [7, 11) is -3.53. The number of benzene rings is 2. The van der Waals surface area contributed by atoms with Gasteiger partial charge in [0.1, 0.15) is 0 Å². The minimum absolute atomic E-state index is 0.0482. The summed E-state index contributed by atoms with van der Waals surface area (Å²) in [5, 5.41) is 12.9. The van der Waals surface area contributed by atoms with Gasteiger partial charge in [-0.2, -0.15) is 4.31 Å². The Morgan fingerprint density at radius 3 is 2.36 bits per heavy atom. The van der Waals surface area contributed by atoms with Crippen molar-refractivity contribution in [3.05, 3.63) is 54.6 Å². The van der Waals surface area contributed by atoms with Crippen molar-refractivity contribution in [2.24, 2.45) is 0 Å². The largest absolute Gasteiger partial charge is 0.395 e. The quantitative estimate of drug-likeness (QED) is 0.690. The van der Waals surface area contributed by atoms with Crippen LogP contribution in [0.5, 0.6) is 0 Å². The van der Waals surface area contributed by atoms with Gasteiger partial charge in [0.15, 0.2) is 5.11 Å². The Kier molecular flexibility index (Phi) is 6.97. The third-order valence-corrected chi connectivity index (χ3v) is 6.59. The average Bonchev–Trinajstić information content (AvgIpc) is 2.73. The number of aliphatic hydroxyl groups is 1. The molecule has 0 aliphatic carbocycles. The molecule has 0 amide bonds. The van der Waals surface area contributed by atoms with Crippen molar-refractivity contribution < 1.29 is 18.3 Å². The van der Waals surface area contributed by atoms with Crippen LogP contribution in [0.15, 0.2) is 59.5 Å². The van der Waals surface area contributed by atoms with Gasteiger partial charge < -0.3 is 20.1 Å². The fourth-order valence-electron chi connectivity index (χ4n) is 2.89. The van der Waals surface area contributed by atoms with Gasteiger partial charge in [0.2, 0.25) is 10.0 Å². The van der Waals surface area contributed by atoms with Crippen LogP contribution in [0.1, 0.15) is 0 Å². The molecule has 0 saturated carbocycles. The molecule has 28 heavy (non-hydrogen) atoms. The fourth-order valence-corrected chi connectivity index (χ4v) is 4.62. The van der Waals surface area contributed by atoms with E-state index in [1.807, 2.05) is 30.3 Å². The fraction of sp³-hybridized carbons (Fsp3) is 0.316. The molecule has 3 rings (SSSR count). The highest BCUT2D eigenvalue weighted by molar-refractivity contribution is 7.89. The SMILES string of the molecule is O=S(=O)(c1ccc(NC(=S)N(CCO)c2ccccc2)cc1)N1CCOCC1. The maximum atomic E-state index is 12.7. The summed E-state index contributed by atoms with van der Waals surface area (Å²) < 4.78 is 32.0. The van der Waals surface area contributed by atoms with E-state index in [0.29, 0.717) is 43.6 Å². The summed E-state index contributed by atoms with van der Waals surface area (Å²) in [5.41, 5.74) is 1.53. The molecule has 1 saturated heterocycles. The van der Waals surface area contributed by atoms with Gasteiger partial charge in [0.05, 0.1) is 24.7 Å². The summed E-state index contributed by atoms with van der Waals surface area (Å²) in [6, 6.07) is 16.0. The maximum absolute atomic E-state index is 12.7. The maximum Gasteiger partial charge on any atom is 0.243 e. The zero-order valence-corrected chi connectivity index (χ0v) is 17.0. The number of hydrogen-bond acceptors (Lipinski definition) is 5. The number of aliphatic hydroxyl groups excluding tert-OH is 1. The van der Waals surface area contributed by atoms with Crippen molar-refractivity contribution in [2.75, 3.05) is 49.7 Å². The van der Waals surface area contributed by atoms with E-state index >= 15 is 0 Å². The van der Waals surface area contributed by atoms with Crippen molar-refractivity contribution >= 4 is 38.7 Å². The van der Waals surface area contributed by atoms with E-state index in [9.17, 15) is 13.5 Å². The van der Waals surface area contributed by atoms with Crippen LogP contribution >= 0.6 is 12.2 Å². The summed E-state index contributed by atoms with van der Waals surface area (Å²) in [6.45, 7) is 1.84. The van der Waals surface area contributed by atoms with Gasteiger partial charge in [-0.05, 0) is 48.6 Å². The van der Waals surface area contributed by atoms with Gasteiger partial charge in [-0.1, -0.05) is 18.2 Å². The molecular formula is C19H23N3O4S2. The average molecular weight is 422 g/mol. The number of sulfonamides is 1. The molecule has 0 bridgehead atoms. The summed E-state index contributed by atoms with van der Waals surface area (Å²) in [6.07, 6.45) is 0. The Bertz CT molecular complexity index is 883. The Morgan fingerprint density at radius 1 is 1.11 bits per heavy atom. The lowest BCUT2D eigenvalue weighted by Gasteiger charge is -2.26. The van der Waals surface area contributed by atoms with Crippen molar-refractivity contribution in [2.45, 2.75) is 4.90 Å². The van der Waals surface area contributed by atoms with Crippen LogP contribution < -0.4 is 10.2 Å². The molecule has 2 aromatic carbocycles. The number of morpholine rings is 1. The molecule has 7 nitrogen and oxygen atoms in total. The first-order valence-corrected chi connectivity index (χ1v) is 10.8. The summed E-state index contributed by atoms with van der Waals surface area (Å²) in [5.74, 6) is 0. The predicted molar refractivity (Wildman–Crippen MR) is 113 cm³/mol. The topological polar surface area (TPSA) is 82.1 Å². The first kappa shape index (κ1) is 20.7. The lowest BCUT2D eigenvalue weighted by Crippen LogP contribution is -2.40. The van der Waals surface area contributed by atoms with E-state index in [4.69, 9.17) is 17.0 Å². The van der Waals surface area contributed by atoms with E-state index in [0.717, 1.165) is 5.69 Å². The highest BCUT2D eigenvalue weighted by Gasteiger charge is 2.26. The van der Waals surface area contributed by atoms with E-state index in [1.165, 1.54) is 4.31 Å². The molecule has 0 unspecified atom stereocenters.